The molecule has 0 bridgehead atoms. The average Bonchev–Trinajstić information content (AvgIpc) is 4.10. The van der Waals surface area contributed by atoms with E-state index in [1.54, 1.807) is 11.1 Å². The van der Waals surface area contributed by atoms with Crippen LogP contribution in [-0.4, -0.2) is 107 Å². The van der Waals surface area contributed by atoms with Gasteiger partial charge in [0, 0.05) is 31.9 Å². The van der Waals surface area contributed by atoms with Crippen molar-refractivity contribution in [2.75, 3.05) is 47.1 Å². The summed E-state index contributed by atoms with van der Waals surface area (Å²) in [6, 6.07) is 19.5. The van der Waals surface area contributed by atoms with E-state index < -0.39 is 18.2 Å². The lowest BCUT2D eigenvalue weighted by Crippen LogP contribution is -2.53. The normalized spacial score (nSPS) is 21.1. The molecule has 3 saturated heterocycles. The van der Waals surface area contributed by atoms with Crippen molar-refractivity contribution in [3.05, 3.63) is 83.7 Å². The van der Waals surface area contributed by atoms with Crippen LogP contribution in [-0.2, 0) is 23.8 Å². The second-order valence-corrected chi connectivity index (χ2v) is 16.8. The number of nitrogens with zero attached hydrogens (tertiary/aromatic N) is 4. The van der Waals surface area contributed by atoms with Crippen molar-refractivity contribution in [3.8, 4) is 33.6 Å². The zero-order chi connectivity index (χ0) is 42.8. The Morgan fingerprint density at radius 2 is 1.41 bits per heavy atom. The average molecular weight is 851 g/mol. The molecule has 16 heteroatoms. The van der Waals surface area contributed by atoms with Crippen molar-refractivity contribution in [1.29, 1.82) is 0 Å². The zero-order valence-corrected chi connectivity index (χ0v) is 35.5. The van der Waals surface area contributed by atoms with Crippen molar-refractivity contribution in [2.24, 2.45) is 17.8 Å². The molecule has 3 aromatic carbocycles. The number of aromatic nitrogens is 4. The molecule has 0 saturated carbocycles. The fourth-order valence-corrected chi connectivity index (χ4v) is 9.29. The molecule has 0 aliphatic carbocycles. The van der Waals surface area contributed by atoms with Crippen molar-refractivity contribution in [2.45, 2.75) is 57.7 Å². The van der Waals surface area contributed by atoms with E-state index in [1.165, 1.54) is 14.2 Å². The third kappa shape index (κ3) is 8.94. The number of alkyl carbamates (subject to hydrolysis) is 2. The number of amides is 4. The number of aromatic amines is 2. The molecule has 5 atom stereocenters. The molecule has 5 heterocycles. The van der Waals surface area contributed by atoms with Crippen LogP contribution in [0.3, 0.4) is 0 Å². The Balaban J connectivity index is 0.962. The van der Waals surface area contributed by atoms with E-state index in [1.807, 2.05) is 11.0 Å². The van der Waals surface area contributed by atoms with Crippen molar-refractivity contribution < 1.29 is 33.4 Å². The smallest absolute Gasteiger partial charge is 0.407 e. The Kier molecular flexibility index (Phi) is 12.3. The SMILES string of the molecule is COC(=O)NCC(=O)N1C[C@@H](C)C[C@H]1c1ncc(-c2ccc(-c3ccc4cc(-c5[nH]c([C@@H]6C[C@H](C)CN6C(=O)[C@@H](NC(=O)OC)C6CCOCC6)nc5Cl)ccc4c3)cc2)[nH]1. The molecular weight excluding hydrogens is 800 g/mol. The summed E-state index contributed by atoms with van der Waals surface area (Å²) in [6.07, 6.45) is 3.33. The number of nitrogens with one attached hydrogen (secondary N) is 4. The number of H-pyrrole nitrogens is 2. The number of fused-ring (bicyclic) bond motifs is 1. The van der Waals surface area contributed by atoms with Gasteiger partial charge in [-0.15, -0.1) is 0 Å². The number of halogens is 1. The van der Waals surface area contributed by atoms with E-state index in [0.29, 0.717) is 74.0 Å². The molecule has 3 aliphatic rings. The first-order valence-corrected chi connectivity index (χ1v) is 21.2. The maximum Gasteiger partial charge on any atom is 0.407 e. The molecule has 3 aliphatic heterocycles. The van der Waals surface area contributed by atoms with Crippen LogP contribution in [0.25, 0.3) is 44.4 Å². The Morgan fingerprint density at radius 1 is 0.803 bits per heavy atom. The van der Waals surface area contributed by atoms with E-state index in [4.69, 9.17) is 26.1 Å². The van der Waals surface area contributed by atoms with Gasteiger partial charge in [0.05, 0.1) is 43.9 Å². The van der Waals surface area contributed by atoms with Gasteiger partial charge in [-0.05, 0) is 83.0 Å². The van der Waals surface area contributed by atoms with Crippen molar-refractivity contribution >= 4 is 46.4 Å². The number of methoxy groups -OCH3 is 2. The predicted molar refractivity (Wildman–Crippen MR) is 229 cm³/mol. The van der Waals surface area contributed by atoms with E-state index in [-0.39, 0.29) is 42.3 Å². The van der Waals surface area contributed by atoms with Gasteiger partial charge in [0.2, 0.25) is 11.8 Å². The fraction of sp³-hybridized carbons (Fsp3) is 0.422. The number of rotatable bonds is 10. The molecule has 15 nitrogen and oxygen atoms in total. The van der Waals surface area contributed by atoms with Gasteiger partial charge in [0.25, 0.3) is 0 Å². The fourth-order valence-electron chi connectivity index (χ4n) is 9.04. The lowest BCUT2D eigenvalue weighted by Gasteiger charge is -2.34. The molecule has 5 aromatic rings. The highest BCUT2D eigenvalue weighted by atomic mass is 35.5. The molecule has 4 amide bonds. The minimum absolute atomic E-state index is 0.0648. The summed E-state index contributed by atoms with van der Waals surface area (Å²) >= 11 is 6.82. The maximum absolute atomic E-state index is 14.2. The van der Waals surface area contributed by atoms with Crippen LogP contribution in [0.1, 0.15) is 63.3 Å². The number of ether oxygens (including phenoxy) is 3. The van der Waals surface area contributed by atoms with E-state index in [2.05, 4.69) is 98.8 Å². The third-order valence-electron chi connectivity index (χ3n) is 12.2. The first-order valence-electron chi connectivity index (χ1n) is 20.8. The largest absolute Gasteiger partial charge is 0.453 e. The number of likely N-dealkylation sites (tertiary alicyclic amines) is 2. The number of carbonyl (C=O) groups excluding carboxylic acids is 4. The number of carbonyl (C=O) groups is 4. The monoisotopic (exact) mass is 850 g/mol. The number of imidazole rings is 2. The lowest BCUT2D eigenvalue weighted by atomic mass is 9.90. The minimum atomic E-state index is -0.732. The summed E-state index contributed by atoms with van der Waals surface area (Å²) < 4.78 is 15.0. The van der Waals surface area contributed by atoms with Gasteiger partial charge in [0.15, 0.2) is 5.15 Å². The summed E-state index contributed by atoms with van der Waals surface area (Å²) in [5, 5.41) is 7.71. The molecule has 0 unspecified atom stereocenters. The number of hydrogen-bond donors (Lipinski definition) is 4. The molecule has 8 rings (SSSR count). The molecule has 0 radical (unpaired) electrons. The summed E-state index contributed by atoms with van der Waals surface area (Å²) in [5.41, 5.74) is 5.50. The first-order chi connectivity index (χ1) is 29.5. The number of hydrogen-bond acceptors (Lipinski definition) is 9. The molecule has 3 fully saturated rings. The minimum Gasteiger partial charge on any atom is -0.453 e. The van der Waals surface area contributed by atoms with Crippen LogP contribution in [0, 0.1) is 17.8 Å². The van der Waals surface area contributed by atoms with Crippen molar-refractivity contribution in [3.63, 3.8) is 0 Å². The van der Waals surface area contributed by atoms with Gasteiger partial charge in [0.1, 0.15) is 24.2 Å². The second-order valence-electron chi connectivity index (χ2n) is 16.5. The Morgan fingerprint density at radius 3 is 2.10 bits per heavy atom. The number of benzene rings is 3. The molecule has 4 N–H and O–H groups in total. The Hall–Kier alpha value is -5.93. The van der Waals surface area contributed by atoms with Gasteiger partial charge in [-0.1, -0.05) is 74.0 Å². The molecule has 2 aromatic heterocycles. The quantitative estimate of drug-likeness (QED) is 0.112. The van der Waals surface area contributed by atoms with Gasteiger partial charge < -0.3 is 44.6 Å². The van der Waals surface area contributed by atoms with Gasteiger partial charge in [-0.3, -0.25) is 9.59 Å². The summed E-state index contributed by atoms with van der Waals surface area (Å²) in [7, 11) is 2.57. The standard InChI is InChI=1S/C45H51ClN8O7/c1-25-17-35(53(23-25)37(55)22-48-44(57)59-3)41-47-21-34(49-41)28-7-5-27(6-8-28)30-9-10-32-20-33(12-11-31(32)19-30)38-40(46)52-42(50-38)36-18-26(2)24-54(36)43(56)39(51-45(58)60-4)29-13-15-61-16-14-29/h5-12,19-21,25-26,29,35-36,39H,13-18,22-24H2,1-4H3,(H,47,49)(H,48,57)(H,50,52)(H,51,58)/t25-,26-,35-,36-,39-/m0/s1. The van der Waals surface area contributed by atoms with E-state index >= 15 is 0 Å². The first kappa shape index (κ1) is 41.8. The molecule has 320 valence electrons. The molecular formula is C45H51ClN8O7. The lowest BCUT2D eigenvalue weighted by molar-refractivity contribution is -0.137. The summed E-state index contributed by atoms with van der Waals surface area (Å²) in [5.74, 6) is 1.44. The summed E-state index contributed by atoms with van der Waals surface area (Å²) in [4.78, 5) is 70.9. The third-order valence-corrected chi connectivity index (χ3v) is 12.5. The van der Waals surface area contributed by atoms with Crippen LogP contribution in [0.2, 0.25) is 5.15 Å². The van der Waals surface area contributed by atoms with Crippen LogP contribution in [0.4, 0.5) is 9.59 Å². The Bertz CT molecular complexity index is 2410. The van der Waals surface area contributed by atoms with Crippen LogP contribution < -0.4 is 10.6 Å². The van der Waals surface area contributed by atoms with Crippen LogP contribution in [0.5, 0.6) is 0 Å². The second kappa shape index (κ2) is 18.0. The highest BCUT2D eigenvalue weighted by molar-refractivity contribution is 6.32. The highest BCUT2D eigenvalue weighted by Crippen LogP contribution is 2.39. The highest BCUT2D eigenvalue weighted by Gasteiger charge is 2.42. The topological polar surface area (TPSA) is 184 Å². The van der Waals surface area contributed by atoms with Crippen LogP contribution in [0.15, 0.2) is 66.9 Å². The zero-order valence-electron chi connectivity index (χ0n) is 34.7. The van der Waals surface area contributed by atoms with Gasteiger partial charge >= 0.3 is 12.2 Å². The van der Waals surface area contributed by atoms with Gasteiger partial charge in [-0.2, -0.15) is 0 Å². The van der Waals surface area contributed by atoms with Gasteiger partial charge in [-0.25, -0.2) is 19.6 Å². The van der Waals surface area contributed by atoms with Crippen LogP contribution >= 0.6 is 11.6 Å². The van der Waals surface area contributed by atoms with E-state index in [9.17, 15) is 19.2 Å². The molecule has 61 heavy (non-hydrogen) atoms. The van der Waals surface area contributed by atoms with E-state index in [0.717, 1.165) is 45.1 Å². The summed E-state index contributed by atoms with van der Waals surface area (Å²) in [6.45, 7) is 6.27. The predicted octanol–water partition coefficient (Wildman–Crippen LogP) is 7.27. The maximum atomic E-state index is 14.2. The van der Waals surface area contributed by atoms with Crippen molar-refractivity contribution in [1.82, 2.24) is 40.4 Å². The molecule has 0 spiro atoms. The Labute approximate surface area is 358 Å².